The summed E-state index contributed by atoms with van der Waals surface area (Å²) in [7, 11) is 0. The minimum atomic E-state index is 0.836. The van der Waals surface area contributed by atoms with Gasteiger partial charge in [0.25, 0.3) is 0 Å². The van der Waals surface area contributed by atoms with E-state index in [1.54, 1.807) is 0 Å². The Labute approximate surface area is 184 Å². The fourth-order valence-electron chi connectivity index (χ4n) is 4.51. The molecule has 32 heavy (non-hydrogen) atoms. The lowest BCUT2D eigenvalue weighted by molar-refractivity contribution is 0.481. The van der Waals surface area contributed by atoms with Crippen molar-refractivity contribution in [2.75, 3.05) is 5.32 Å². The van der Waals surface area contributed by atoms with Crippen molar-refractivity contribution >= 4 is 33.2 Å². The molecule has 152 valence electrons. The molecule has 6 aromatic rings. The average molecular weight is 413 g/mol. The summed E-state index contributed by atoms with van der Waals surface area (Å²) in [4.78, 5) is 6.50. The number of anilines is 2. The molecular formula is C28H19N3O. The molecule has 0 aliphatic carbocycles. The predicted molar refractivity (Wildman–Crippen MR) is 131 cm³/mol. The number of aromatic nitrogens is 2. The van der Waals surface area contributed by atoms with Gasteiger partial charge in [-0.05, 0) is 93.7 Å². The molecule has 0 unspecified atom stereocenters. The van der Waals surface area contributed by atoms with Gasteiger partial charge in [-0.25, -0.2) is 0 Å². The molecule has 0 radical (unpaired) electrons. The van der Waals surface area contributed by atoms with Gasteiger partial charge in [0, 0.05) is 23.4 Å². The Kier molecular flexibility index (Phi) is 3.52. The fourth-order valence-corrected chi connectivity index (χ4v) is 4.51. The van der Waals surface area contributed by atoms with Crippen LogP contribution in [0.5, 0.6) is 11.5 Å². The third-order valence-electron chi connectivity index (χ3n) is 6.23. The molecule has 0 amide bonds. The van der Waals surface area contributed by atoms with Gasteiger partial charge in [-0.2, -0.15) is 0 Å². The van der Waals surface area contributed by atoms with Crippen LogP contribution in [0.15, 0.2) is 97.3 Å². The number of hydrogen-bond acceptors (Lipinski definition) is 2. The molecule has 3 N–H and O–H groups in total. The number of rotatable bonds is 2. The summed E-state index contributed by atoms with van der Waals surface area (Å²) < 4.78 is 6.37. The first-order valence-corrected chi connectivity index (χ1v) is 10.7. The van der Waals surface area contributed by atoms with Crippen molar-refractivity contribution in [1.29, 1.82) is 0 Å². The lowest BCUT2D eigenvalue weighted by Crippen LogP contribution is -2.03. The average Bonchev–Trinajstić information content (AvgIpc) is 3.50. The molecule has 2 aromatic heterocycles. The van der Waals surface area contributed by atoms with E-state index in [0.29, 0.717) is 0 Å². The summed E-state index contributed by atoms with van der Waals surface area (Å²) in [6.45, 7) is 0. The van der Waals surface area contributed by atoms with Gasteiger partial charge in [-0.1, -0.05) is 24.3 Å². The third kappa shape index (κ3) is 2.70. The zero-order valence-corrected chi connectivity index (χ0v) is 17.1. The van der Waals surface area contributed by atoms with Gasteiger partial charge in [0.1, 0.15) is 0 Å². The first kappa shape index (κ1) is 17.3. The van der Waals surface area contributed by atoms with Crippen molar-refractivity contribution in [3.05, 3.63) is 97.3 Å². The van der Waals surface area contributed by atoms with Crippen LogP contribution in [-0.4, -0.2) is 9.97 Å². The Hall–Kier alpha value is -4.44. The monoisotopic (exact) mass is 413 g/mol. The summed E-state index contributed by atoms with van der Waals surface area (Å²) in [6, 6.07) is 29.8. The number of benzene rings is 4. The van der Waals surface area contributed by atoms with Crippen molar-refractivity contribution in [2.24, 2.45) is 0 Å². The molecule has 1 aliphatic rings. The largest absolute Gasteiger partial charge is 0.453 e. The van der Waals surface area contributed by atoms with Gasteiger partial charge in [-0.15, -0.1) is 0 Å². The zero-order chi connectivity index (χ0) is 21.1. The van der Waals surface area contributed by atoms with Crippen LogP contribution in [0.25, 0.3) is 44.1 Å². The van der Waals surface area contributed by atoms with Crippen LogP contribution < -0.4 is 10.1 Å². The first-order chi connectivity index (χ1) is 15.8. The maximum absolute atomic E-state index is 6.37. The molecule has 0 atom stereocenters. The van der Waals surface area contributed by atoms with E-state index in [9.17, 15) is 0 Å². The third-order valence-corrected chi connectivity index (χ3v) is 6.23. The summed E-state index contributed by atoms with van der Waals surface area (Å²) >= 11 is 0. The summed E-state index contributed by atoms with van der Waals surface area (Å²) in [5, 5.41) is 5.92. The highest BCUT2D eigenvalue weighted by Gasteiger charge is 2.18. The number of aromatic amines is 2. The van der Waals surface area contributed by atoms with Crippen LogP contribution in [-0.2, 0) is 0 Å². The van der Waals surface area contributed by atoms with Crippen LogP contribution in [0, 0.1) is 0 Å². The van der Waals surface area contributed by atoms with Crippen LogP contribution in [0.3, 0.4) is 0 Å². The van der Waals surface area contributed by atoms with Crippen molar-refractivity contribution in [3.8, 4) is 33.8 Å². The van der Waals surface area contributed by atoms with Crippen molar-refractivity contribution in [3.63, 3.8) is 0 Å². The molecule has 3 heterocycles. The Balaban J connectivity index is 1.25. The molecule has 0 bridgehead atoms. The second kappa shape index (κ2) is 6.53. The van der Waals surface area contributed by atoms with Gasteiger partial charge in [0.2, 0.25) is 0 Å². The highest BCUT2D eigenvalue weighted by Crippen LogP contribution is 2.45. The van der Waals surface area contributed by atoms with E-state index in [0.717, 1.165) is 45.0 Å². The van der Waals surface area contributed by atoms with Crippen LogP contribution in [0.1, 0.15) is 0 Å². The first-order valence-electron chi connectivity index (χ1n) is 10.7. The SMILES string of the molecule is c1cc2cc(-c3ccc4c(c3)Oc3cc(-c5ccc6[nH]ccc6c5)ccc3N4)ccc2[nH]1. The molecule has 4 nitrogen and oxygen atoms in total. The zero-order valence-electron chi connectivity index (χ0n) is 17.1. The highest BCUT2D eigenvalue weighted by atomic mass is 16.5. The summed E-state index contributed by atoms with van der Waals surface area (Å²) in [5.74, 6) is 1.67. The smallest absolute Gasteiger partial charge is 0.151 e. The maximum Gasteiger partial charge on any atom is 0.151 e. The lowest BCUT2D eigenvalue weighted by atomic mass is 10.0. The van der Waals surface area contributed by atoms with Gasteiger partial charge < -0.3 is 20.0 Å². The maximum atomic E-state index is 6.37. The molecule has 1 aliphatic heterocycles. The molecule has 0 fully saturated rings. The van der Waals surface area contributed by atoms with Gasteiger partial charge >= 0.3 is 0 Å². The Bertz CT molecular complexity index is 1520. The number of hydrogen-bond donors (Lipinski definition) is 3. The van der Waals surface area contributed by atoms with Crippen molar-refractivity contribution in [2.45, 2.75) is 0 Å². The number of fused-ring (bicyclic) bond motifs is 4. The normalized spacial score (nSPS) is 12.2. The molecule has 0 saturated carbocycles. The second-order valence-corrected chi connectivity index (χ2v) is 8.21. The van der Waals surface area contributed by atoms with E-state index in [-0.39, 0.29) is 0 Å². The van der Waals surface area contributed by atoms with Crippen LogP contribution >= 0.6 is 0 Å². The van der Waals surface area contributed by atoms with E-state index in [1.165, 1.54) is 21.9 Å². The summed E-state index contributed by atoms with van der Waals surface area (Å²) in [5.41, 5.74) is 8.84. The van der Waals surface area contributed by atoms with Gasteiger partial charge in [-0.3, -0.25) is 0 Å². The van der Waals surface area contributed by atoms with E-state index in [1.807, 2.05) is 12.4 Å². The van der Waals surface area contributed by atoms with E-state index < -0.39 is 0 Å². The van der Waals surface area contributed by atoms with Crippen molar-refractivity contribution in [1.82, 2.24) is 9.97 Å². The quantitative estimate of drug-likeness (QED) is 0.270. The van der Waals surface area contributed by atoms with Crippen molar-refractivity contribution < 1.29 is 4.74 Å². The molecule has 7 rings (SSSR count). The number of nitrogens with one attached hydrogen (secondary N) is 3. The van der Waals surface area contributed by atoms with Crippen LogP contribution in [0.4, 0.5) is 11.4 Å². The standard InChI is InChI=1S/C28H19N3O/c1-5-23-21(9-11-29-23)13-17(1)19-3-7-25-27(15-19)32-28-16-20(4-8-26(28)31-25)18-2-6-24-22(14-18)10-12-30-24/h1-16,29-31H. The predicted octanol–water partition coefficient (Wildman–Crippen LogP) is 7.83. The molecule has 4 aromatic carbocycles. The molecule has 0 saturated heterocycles. The topological polar surface area (TPSA) is 52.8 Å². The second-order valence-electron chi connectivity index (χ2n) is 8.21. The van der Waals surface area contributed by atoms with E-state index >= 15 is 0 Å². The Morgan fingerprint density at radius 2 is 0.938 bits per heavy atom. The number of H-pyrrole nitrogens is 2. The van der Waals surface area contributed by atoms with Gasteiger partial charge in [0.15, 0.2) is 11.5 Å². The minimum Gasteiger partial charge on any atom is -0.453 e. The Morgan fingerprint density at radius 3 is 1.47 bits per heavy atom. The highest BCUT2D eigenvalue weighted by molar-refractivity contribution is 5.88. The van der Waals surface area contributed by atoms with Crippen LogP contribution in [0.2, 0.25) is 0 Å². The van der Waals surface area contributed by atoms with E-state index in [4.69, 9.17) is 4.74 Å². The Morgan fingerprint density at radius 1 is 0.469 bits per heavy atom. The lowest BCUT2D eigenvalue weighted by Gasteiger charge is -2.23. The molecule has 0 spiro atoms. The number of ether oxygens (including phenoxy) is 1. The minimum absolute atomic E-state index is 0.836. The fraction of sp³-hybridized carbons (Fsp3) is 0. The van der Waals surface area contributed by atoms with Gasteiger partial charge in [0.05, 0.1) is 11.4 Å². The molecule has 4 heteroatoms. The molecular weight excluding hydrogens is 394 g/mol. The summed E-state index contributed by atoms with van der Waals surface area (Å²) in [6.07, 6.45) is 3.94. The van der Waals surface area contributed by atoms with E-state index in [2.05, 4.69) is 100 Å².